The van der Waals surface area contributed by atoms with E-state index in [0.717, 1.165) is 0 Å². The van der Waals surface area contributed by atoms with Crippen LogP contribution in [0.1, 0.15) is 34.1 Å². The van der Waals surface area contributed by atoms with Crippen LogP contribution in [0.4, 0.5) is 9.59 Å². The molecule has 18 heavy (non-hydrogen) atoms. The van der Waals surface area contributed by atoms with Gasteiger partial charge in [0.2, 0.25) is 0 Å². The molecule has 2 N–H and O–H groups in total. The fourth-order valence-electron chi connectivity index (χ4n) is 2.93. The molecule has 0 spiro atoms. The van der Waals surface area contributed by atoms with Gasteiger partial charge in [0.25, 0.3) is 0 Å². The topological polar surface area (TPSA) is 77.8 Å². The Labute approximate surface area is 107 Å². The van der Waals surface area contributed by atoms with Crippen LogP contribution in [0.25, 0.3) is 0 Å². The van der Waals surface area contributed by atoms with E-state index in [1.54, 1.807) is 0 Å². The summed E-state index contributed by atoms with van der Waals surface area (Å²) in [5, 5.41) is 18.7. The molecule has 1 heterocycles. The van der Waals surface area contributed by atoms with Gasteiger partial charge in [0, 0.05) is 13.0 Å². The number of nitrogens with zero attached hydrogens (tertiary/aromatic N) is 2. The van der Waals surface area contributed by atoms with Gasteiger partial charge in [0.05, 0.1) is 12.6 Å². The molecule has 0 radical (unpaired) electrons. The van der Waals surface area contributed by atoms with Crippen LogP contribution in [0.2, 0.25) is 0 Å². The zero-order valence-corrected chi connectivity index (χ0v) is 11.5. The highest BCUT2D eigenvalue weighted by Gasteiger charge is 2.52. The minimum Gasteiger partial charge on any atom is -0.465 e. The van der Waals surface area contributed by atoms with Gasteiger partial charge in [0.1, 0.15) is 12.1 Å². The second-order valence-electron chi connectivity index (χ2n) is 5.95. The zero-order valence-electron chi connectivity index (χ0n) is 11.5. The first kappa shape index (κ1) is 14.8. The van der Waals surface area contributed by atoms with Crippen molar-refractivity contribution in [1.82, 2.24) is 4.90 Å². The minimum atomic E-state index is -0.971. The van der Waals surface area contributed by atoms with Gasteiger partial charge in [0.15, 0.2) is 0 Å². The first-order valence-corrected chi connectivity index (χ1v) is 6.22. The predicted octanol–water partition coefficient (Wildman–Crippen LogP) is 2.05. The van der Waals surface area contributed by atoms with E-state index in [2.05, 4.69) is 0 Å². The number of amides is 2. The van der Waals surface area contributed by atoms with Crippen molar-refractivity contribution in [3.63, 3.8) is 0 Å². The van der Waals surface area contributed by atoms with Crippen LogP contribution in [0.15, 0.2) is 0 Å². The summed E-state index contributed by atoms with van der Waals surface area (Å²) in [4.78, 5) is 24.1. The monoisotopic (exact) mass is 259 g/mol. The zero-order chi connectivity index (χ0) is 14.1. The molecule has 6 heteroatoms. The Morgan fingerprint density at radius 2 is 1.78 bits per heavy atom. The third-order valence-electron chi connectivity index (χ3n) is 4.10. The Morgan fingerprint density at radius 1 is 1.22 bits per heavy atom. The van der Waals surface area contributed by atoms with Crippen molar-refractivity contribution < 1.29 is 24.3 Å². The molecule has 0 bridgehead atoms. The van der Waals surface area contributed by atoms with Gasteiger partial charge in [-0.3, -0.25) is 0 Å². The molecule has 0 aromatic heterocycles. The lowest BCUT2D eigenvalue weighted by atomic mass is 9.97. The van der Waals surface area contributed by atoms with Crippen molar-refractivity contribution in [1.29, 1.82) is 0 Å². The fraction of sp³-hybridized carbons (Fsp3) is 0.833. The van der Waals surface area contributed by atoms with E-state index in [0.29, 0.717) is 19.5 Å². The van der Waals surface area contributed by atoms with Crippen LogP contribution in [-0.2, 0) is 0 Å². The number of hydrogen-bond acceptors (Lipinski definition) is 2. The standard InChI is InChI=1S/C12H22N2O4/c1-9-5-6-13(10(15)16)7-8-14(9,11(17)18)12(2,3)4/h9H,5-8H2,1-4H3,(H-,15,16,17,18)/p+1. The SMILES string of the molecule is CC1CCN(C(=O)O)CC[N+]1(C(=O)O)C(C)(C)C. The van der Waals surface area contributed by atoms with E-state index in [-0.39, 0.29) is 17.1 Å². The van der Waals surface area contributed by atoms with Crippen molar-refractivity contribution >= 4 is 12.2 Å². The van der Waals surface area contributed by atoms with Gasteiger partial charge in [-0.2, -0.15) is 4.79 Å². The minimum absolute atomic E-state index is 0.0865. The van der Waals surface area contributed by atoms with E-state index in [1.807, 2.05) is 27.7 Å². The summed E-state index contributed by atoms with van der Waals surface area (Å²) in [5.41, 5.74) is -0.459. The second kappa shape index (κ2) is 4.76. The normalized spacial score (nSPS) is 29.8. The van der Waals surface area contributed by atoms with Crippen LogP contribution >= 0.6 is 0 Å². The molecule has 2 atom stereocenters. The molecule has 1 aliphatic heterocycles. The van der Waals surface area contributed by atoms with Crippen molar-refractivity contribution in [2.24, 2.45) is 0 Å². The van der Waals surface area contributed by atoms with E-state index < -0.39 is 17.7 Å². The lowest BCUT2D eigenvalue weighted by Crippen LogP contribution is -2.68. The molecule has 104 valence electrons. The summed E-state index contributed by atoms with van der Waals surface area (Å²) in [5.74, 6) is 0. The molecule has 1 fully saturated rings. The second-order valence-corrected chi connectivity index (χ2v) is 5.95. The Morgan fingerprint density at radius 3 is 2.17 bits per heavy atom. The molecule has 0 aliphatic carbocycles. The Bertz CT molecular complexity index is 350. The lowest BCUT2D eigenvalue weighted by molar-refractivity contribution is -0.922. The quantitative estimate of drug-likeness (QED) is 0.653. The maximum Gasteiger partial charge on any atom is 0.514 e. The van der Waals surface area contributed by atoms with Crippen LogP contribution in [0.5, 0.6) is 0 Å². The summed E-state index contributed by atoms with van der Waals surface area (Å²) in [7, 11) is 0. The van der Waals surface area contributed by atoms with Crippen molar-refractivity contribution in [2.45, 2.75) is 45.7 Å². The van der Waals surface area contributed by atoms with E-state index in [9.17, 15) is 14.7 Å². The van der Waals surface area contributed by atoms with Crippen molar-refractivity contribution in [3.8, 4) is 0 Å². The number of hydrogen-bond donors (Lipinski definition) is 2. The smallest absolute Gasteiger partial charge is 0.465 e. The molecule has 6 nitrogen and oxygen atoms in total. The molecule has 2 unspecified atom stereocenters. The van der Waals surface area contributed by atoms with E-state index in [1.165, 1.54) is 4.90 Å². The Kier molecular flexibility index (Phi) is 3.90. The van der Waals surface area contributed by atoms with Gasteiger partial charge >= 0.3 is 12.2 Å². The van der Waals surface area contributed by atoms with Crippen molar-refractivity contribution in [2.75, 3.05) is 19.6 Å². The number of rotatable bonds is 0. The first-order chi connectivity index (χ1) is 8.13. The van der Waals surface area contributed by atoms with Gasteiger partial charge in [-0.15, -0.1) is 0 Å². The summed E-state index contributed by atoms with van der Waals surface area (Å²) >= 11 is 0. The number of carbonyl (C=O) groups is 2. The van der Waals surface area contributed by atoms with E-state index in [4.69, 9.17) is 5.11 Å². The van der Waals surface area contributed by atoms with Crippen LogP contribution < -0.4 is 0 Å². The molecular weight excluding hydrogens is 236 g/mol. The van der Waals surface area contributed by atoms with Gasteiger partial charge in [-0.05, 0) is 27.7 Å². The molecule has 0 saturated carbocycles. The largest absolute Gasteiger partial charge is 0.514 e. The summed E-state index contributed by atoms with van der Waals surface area (Å²) in [6.45, 7) is 8.57. The summed E-state index contributed by atoms with van der Waals surface area (Å²) in [6.07, 6.45) is -1.28. The molecular formula is C12H23N2O4+. The number of carboxylic acid groups (broad SMARTS) is 2. The van der Waals surface area contributed by atoms with Gasteiger partial charge < -0.3 is 15.1 Å². The van der Waals surface area contributed by atoms with E-state index >= 15 is 0 Å². The summed E-state index contributed by atoms with van der Waals surface area (Å²) < 4.78 is -0.0865. The third-order valence-corrected chi connectivity index (χ3v) is 4.10. The molecule has 1 aliphatic rings. The molecule has 1 rings (SSSR count). The molecule has 1 saturated heterocycles. The lowest BCUT2D eigenvalue weighted by Gasteiger charge is -2.46. The van der Waals surface area contributed by atoms with Crippen LogP contribution in [-0.4, -0.2) is 63.0 Å². The predicted molar refractivity (Wildman–Crippen MR) is 66.6 cm³/mol. The maximum absolute atomic E-state index is 11.8. The van der Waals surface area contributed by atoms with Crippen LogP contribution in [0.3, 0.4) is 0 Å². The highest BCUT2D eigenvalue weighted by Crippen LogP contribution is 2.32. The maximum atomic E-state index is 11.8. The third kappa shape index (κ3) is 2.29. The Hall–Kier alpha value is -1.30. The van der Waals surface area contributed by atoms with Crippen LogP contribution in [0, 0.1) is 0 Å². The van der Waals surface area contributed by atoms with Gasteiger partial charge in [-0.1, -0.05) is 0 Å². The van der Waals surface area contributed by atoms with Gasteiger partial charge in [-0.25, -0.2) is 9.28 Å². The summed E-state index contributed by atoms with van der Waals surface area (Å²) in [6, 6.07) is -0.105. The highest BCUT2D eigenvalue weighted by molar-refractivity contribution is 5.65. The Balaban J connectivity index is 3.11. The fourth-order valence-corrected chi connectivity index (χ4v) is 2.93. The number of quaternary nitrogens is 1. The van der Waals surface area contributed by atoms with Crippen molar-refractivity contribution in [3.05, 3.63) is 0 Å². The average molecular weight is 259 g/mol. The average Bonchev–Trinajstić information content (AvgIpc) is 2.36. The molecule has 0 aromatic rings. The molecule has 0 aromatic carbocycles. The molecule has 2 amide bonds. The first-order valence-electron chi connectivity index (χ1n) is 6.22. The highest BCUT2D eigenvalue weighted by atomic mass is 16.4.